The van der Waals surface area contributed by atoms with E-state index in [1.165, 1.54) is 0 Å². The summed E-state index contributed by atoms with van der Waals surface area (Å²) >= 11 is 0. The second-order valence-electron chi connectivity index (χ2n) is 6.86. The zero-order valence-corrected chi connectivity index (χ0v) is 15.9. The molecule has 0 saturated carbocycles. The molecule has 0 aliphatic rings. The summed E-state index contributed by atoms with van der Waals surface area (Å²) in [6, 6.07) is 23.0. The molecule has 0 atom stereocenters. The molecular formula is C24H21NO4. The van der Waals surface area contributed by atoms with Gasteiger partial charge in [0.05, 0.1) is 0 Å². The number of anilines is 1. The Bertz CT molecular complexity index is 1150. The van der Waals surface area contributed by atoms with Gasteiger partial charge in [-0.2, -0.15) is 0 Å². The van der Waals surface area contributed by atoms with Crippen LogP contribution >= 0.6 is 0 Å². The number of ether oxygens (including phenoxy) is 1. The molecule has 0 aliphatic carbocycles. The molecule has 0 unspecified atom stereocenters. The van der Waals surface area contributed by atoms with Crippen LogP contribution in [0.5, 0.6) is 0 Å². The molecule has 0 aliphatic heterocycles. The molecule has 4 rings (SSSR count). The number of rotatable bonds is 7. The molecule has 5 nitrogen and oxygen atoms in total. The summed E-state index contributed by atoms with van der Waals surface area (Å²) in [5, 5.41) is 4.92. The summed E-state index contributed by atoms with van der Waals surface area (Å²) in [5.41, 5.74) is 3.17. The van der Waals surface area contributed by atoms with Crippen LogP contribution in [-0.2, 0) is 20.9 Å². The number of furan rings is 1. The van der Waals surface area contributed by atoms with Gasteiger partial charge in [-0.3, -0.25) is 9.59 Å². The smallest absolute Gasteiger partial charge is 0.306 e. The van der Waals surface area contributed by atoms with Gasteiger partial charge >= 0.3 is 5.97 Å². The Morgan fingerprint density at radius 3 is 2.45 bits per heavy atom. The third kappa shape index (κ3) is 4.63. The summed E-state index contributed by atoms with van der Waals surface area (Å²) in [4.78, 5) is 24.0. The molecule has 146 valence electrons. The average Bonchev–Trinajstić information content (AvgIpc) is 3.11. The van der Waals surface area contributed by atoms with Gasteiger partial charge in [0.2, 0.25) is 5.91 Å². The van der Waals surface area contributed by atoms with E-state index in [9.17, 15) is 9.59 Å². The Kier molecular flexibility index (Phi) is 5.56. The topological polar surface area (TPSA) is 68.5 Å². The molecule has 5 heteroatoms. The SMILES string of the molecule is O=C(CCCC(=O)OCc1ccccc1)Nc1ccc2c(c1)oc1ccccc12. The molecule has 0 bridgehead atoms. The summed E-state index contributed by atoms with van der Waals surface area (Å²) < 4.78 is 11.1. The third-order valence-corrected chi connectivity index (χ3v) is 4.69. The van der Waals surface area contributed by atoms with E-state index >= 15 is 0 Å². The Morgan fingerprint density at radius 1 is 0.828 bits per heavy atom. The van der Waals surface area contributed by atoms with Crippen molar-refractivity contribution in [2.75, 3.05) is 5.32 Å². The predicted octanol–water partition coefficient (Wildman–Crippen LogP) is 5.44. The van der Waals surface area contributed by atoms with Gasteiger partial charge in [0.15, 0.2) is 0 Å². The van der Waals surface area contributed by atoms with Gasteiger partial charge in [0, 0.05) is 35.4 Å². The maximum atomic E-state index is 12.2. The molecule has 0 saturated heterocycles. The number of hydrogen-bond acceptors (Lipinski definition) is 4. The van der Waals surface area contributed by atoms with E-state index in [2.05, 4.69) is 5.32 Å². The van der Waals surface area contributed by atoms with E-state index in [4.69, 9.17) is 9.15 Å². The highest BCUT2D eigenvalue weighted by molar-refractivity contribution is 6.06. The van der Waals surface area contributed by atoms with E-state index in [0.29, 0.717) is 12.1 Å². The first kappa shape index (κ1) is 18.7. The second kappa shape index (κ2) is 8.61. The largest absolute Gasteiger partial charge is 0.461 e. The van der Waals surface area contributed by atoms with Crippen LogP contribution in [-0.4, -0.2) is 11.9 Å². The van der Waals surface area contributed by atoms with E-state index in [1.54, 1.807) is 0 Å². The van der Waals surface area contributed by atoms with Crippen LogP contribution in [0.15, 0.2) is 77.2 Å². The lowest BCUT2D eigenvalue weighted by atomic mass is 10.1. The summed E-state index contributed by atoms with van der Waals surface area (Å²) in [5.74, 6) is -0.443. The number of carbonyl (C=O) groups excluding carboxylic acids is 2. The molecule has 0 radical (unpaired) electrons. The first-order valence-electron chi connectivity index (χ1n) is 9.60. The first-order valence-corrected chi connectivity index (χ1v) is 9.60. The lowest BCUT2D eigenvalue weighted by molar-refractivity contribution is -0.145. The molecule has 0 fully saturated rings. The van der Waals surface area contributed by atoms with E-state index in [1.807, 2.05) is 72.8 Å². The zero-order chi connectivity index (χ0) is 20.1. The summed E-state index contributed by atoms with van der Waals surface area (Å²) in [7, 11) is 0. The molecule has 1 heterocycles. The van der Waals surface area contributed by atoms with Gasteiger partial charge in [-0.15, -0.1) is 0 Å². The van der Waals surface area contributed by atoms with Crippen LogP contribution in [0.1, 0.15) is 24.8 Å². The zero-order valence-electron chi connectivity index (χ0n) is 15.9. The molecule has 4 aromatic rings. The first-order chi connectivity index (χ1) is 14.2. The van der Waals surface area contributed by atoms with E-state index in [0.717, 1.165) is 27.5 Å². The van der Waals surface area contributed by atoms with Crippen molar-refractivity contribution < 1.29 is 18.7 Å². The van der Waals surface area contributed by atoms with Crippen molar-refractivity contribution in [3.63, 3.8) is 0 Å². The fraction of sp³-hybridized carbons (Fsp3) is 0.167. The third-order valence-electron chi connectivity index (χ3n) is 4.69. The van der Waals surface area contributed by atoms with Gasteiger partial charge in [-0.05, 0) is 30.2 Å². The maximum absolute atomic E-state index is 12.2. The minimum Gasteiger partial charge on any atom is -0.461 e. The molecule has 29 heavy (non-hydrogen) atoms. The number of nitrogens with one attached hydrogen (secondary N) is 1. The summed E-state index contributed by atoms with van der Waals surface area (Å²) in [6.45, 7) is 0.253. The number of carbonyl (C=O) groups is 2. The summed E-state index contributed by atoms with van der Waals surface area (Å²) in [6.07, 6.45) is 0.897. The average molecular weight is 387 g/mol. The molecule has 1 aromatic heterocycles. The minimum atomic E-state index is -0.301. The minimum absolute atomic E-state index is 0.142. The Morgan fingerprint density at radius 2 is 1.59 bits per heavy atom. The normalized spacial score (nSPS) is 10.9. The number of esters is 1. The second-order valence-corrected chi connectivity index (χ2v) is 6.86. The van der Waals surface area contributed by atoms with Gasteiger partial charge < -0.3 is 14.5 Å². The molecule has 1 N–H and O–H groups in total. The quantitative estimate of drug-likeness (QED) is 0.429. The van der Waals surface area contributed by atoms with Crippen LogP contribution in [0.2, 0.25) is 0 Å². The van der Waals surface area contributed by atoms with Crippen molar-refractivity contribution in [2.24, 2.45) is 0 Å². The van der Waals surface area contributed by atoms with Crippen LogP contribution < -0.4 is 5.32 Å². The van der Waals surface area contributed by atoms with E-state index < -0.39 is 0 Å². The highest BCUT2D eigenvalue weighted by Crippen LogP contribution is 2.30. The fourth-order valence-corrected chi connectivity index (χ4v) is 3.23. The van der Waals surface area contributed by atoms with Crippen molar-refractivity contribution in [1.82, 2.24) is 0 Å². The van der Waals surface area contributed by atoms with Gasteiger partial charge in [-0.1, -0.05) is 48.5 Å². The van der Waals surface area contributed by atoms with Gasteiger partial charge in [0.25, 0.3) is 0 Å². The van der Waals surface area contributed by atoms with E-state index in [-0.39, 0.29) is 31.3 Å². The Labute approximate surface area is 168 Å². The van der Waals surface area contributed by atoms with Crippen molar-refractivity contribution in [1.29, 1.82) is 0 Å². The van der Waals surface area contributed by atoms with Crippen LogP contribution in [0.3, 0.4) is 0 Å². The number of fused-ring (bicyclic) bond motifs is 3. The van der Waals surface area contributed by atoms with Gasteiger partial charge in [0.1, 0.15) is 17.8 Å². The highest BCUT2D eigenvalue weighted by Gasteiger charge is 2.10. The van der Waals surface area contributed by atoms with Crippen molar-refractivity contribution in [3.05, 3.63) is 78.4 Å². The van der Waals surface area contributed by atoms with Crippen molar-refractivity contribution in [3.8, 4) is 0 Å². The number of benzene rings is 3. The molecule has 1 amide bonds. The highest BCUT2D eigenvalue weighted by atomic mass is 16.5. The van der Waals surface area contributed by atoms with Crippen LogP contribution in [0.4, 0.5) is 5.69 Å². The predicted molar refractivity (Wildman–Crippen MR) is 112 cm³/mol. The Balaban J connectivity index is 1.26. The lowest BCUT2D eigenvalue weighted by Crippen LogP contribution is -2.12. The van der Waals surface area contributed by atoms with Crippen molar-refractivity contribution >= 4 is 39.5 Å². The number of para-hydroxylation sites is 1. The fourth-order valence-electron chi connectivity index (χ4n) is 3.23. The van der Waals surface area contributed by atoms with Gasteiger partial charge in [-0.25, -0.2) is 0 Å². The van der Waals surface area contributed by atoms with Crippen LogP contribution in [0, 0.1) is 0 Å². The number of hydrogen-bond donors (Lipinski definition) is 1. The standard InChI is InChI=1S/C24H21NO4/c26-23(11-6-12-24(27)28-16-17-7-2-1-3-8-17)25-18-13-14-20-19-9-4-5-10-21(19)29-22(20)15-18/h1-5,7-10,13-15H,6,11-12,16H2,(H,25,26). The molecule has 0 spiro atoms. The molecule has 3 aromatic carbocycles. The number of amides is 1. The van der Waals surface area contributed by atoms with Crippen molar-refractivity contribution in [2.45, 2.75) is 25.9 Å². The Hall–Kier alpha value is -3.60. The monoisotopic (exact) mass is 387 g/mol. The van der Waals surface area contributed by atoms with Crippen LogP contribution in [0.25, 0.3) is 21.9 Å². The molecular weight excluding hydrogens is 366 g/mol. The lowest BCUT2D eigenvalue weighted by Gasteiger charge is -2.06. The maximum Gasteiger partial charge on any atom is 0.306 e.